The first-order chi connectivity index (χ1) is 7.79. The third-order valence-corrected chi connectivity index (χ3v) is 2.61. The van der Waals surface area contributed by atoms with Crippen molar-refractivity contribution in [2.45, 2.75) is 19.8 Å². The van der Waals surface area contributed by atoms with E-state index in [9.17, 15) is 0 Å². The summed E-state index contributed by atoms with van der Waals surface area (Å²) in [5, 5.41) is 0. The van der Waals surface area contributed by atoms with E-state index in [2.05, 4.69) is 29.0 Å². The number of hydrogen-bond donors (Lipinski definition) is 1. The van der Waals surface area contributed by atoms with Crippen LogP contribution in [0, 0.1) is 0 Å². The summed E-state index contributed by atoms with van der Waals surface area (Å²) in [4.78, 5) is 8.38. The van der Waals surface area contributed by atoms with Crippen LogP contribution in [0.25, 0.3) is 0 Å². The summed E-state index contributed by atoms with van der Waals surface area (Å²) in [6.45, 7) is 2.12. The molecule has 82 valence electrons. The van der Waals surface area contributed by atoms with E-state index >= 15 is 0 Å². The number of nitrogens with two attached hydrogens (primary N) is 1. The number of aryl methyl sites for hydroxylation is 1. The lowest BCUT2D eigenvalue weighted by Crippen LogP contribution is -1.98. The maximum absolute atomic E-state index is 5.83. The van der Waals surface area contributed by atoms with Crippen molar-refractivity contribution in [1.82, 2.24) is 9.97 Å². The number of aromatic nitrogens is 2. The molecule has 16 heavy (non-hydrogen) atoms. The Morgan fingerprint density at radius 3 is 2.69 bits per heavy atom. The SMILES string of the molecule is CCc1ccc(Cc2ccncc2N)nc1. The number of nitrogens with zero attached hydrogens (tertiary/aromatic N) is 2. The monoisotopic (exact) mass is 213 g/mol. The molecule has 2 heterocycles. The van der Waals surface area contributed by atoms with Crippen molar-refractivity contribution < 1.29 is 0 Å². The molecule has 0 saturated heterocycles. The Morgan fingerprint density at radius 1 is 1.19 bits per heavy atom. The molecule has 3 heteroatoms. The van der Waals surface area contributed by atoms with E-state index in [4.69, 9.17) is 5.73 Å². The Hall–Kier alpha value is -1.90. The van der Waals surface area contributed by atoms with Gasteiger partial charge in [0.25, 0.3) is 0 Å². The van der Waals surface area contributed by atoms with Crippen molar-refractivity contribution >= 4 is 5.69 Å². The third kappa shape index (κ3) is 2.37. The average molecular weight is 213 g/mol. The van der Waals surface area contributed by atoms with Crippen LogP contribution in [0.15, 0.2) is 36.8 Å². The molecule has 2 aromatic heterocycles. The predicted octanol–water partition coefficient (Wildman–Crippen LogP) is 2.21. The van der Waals surface area contributed by atoms with Gasteiger partial charge in [0.05, 0.1) is 11.9 Å². The summed E-state index contributed by atoms with van der Waals surface area (Å²) in [7, 11) is 0. The maximum atomic E-state index is 5.83. The van der Waals surface area contributed by atoms with Crippen LogP contribution in [0.5, 0.6) is 0 Å². The summed E-state index contributed by atoms with van der Waals surface area (Å²) >= 11 is 0. The van der Waals surface area contributed by atoms with Crippen molar-refractivity contribution in [2.75, 3.05) is 5.73 Å². The number of pyridine rings is 2. The predicted molar refractivity (Wildman–Crippen MR) is 65.1 cm³/mol. The van der Waals surface area contributed by atoms with Crippen LogP contribution in [-0.2, 0) is 12.8 Å². The fourth-order valence-corrected chi connectivity index (χ4v) is 1.56. The van der Waals surface area contributed by atoms with E-state index in [0.717, 1.165) is 29.8 Å². The second-order valence-electron chi connectivity index (χ2n) is 3.76. The zero-order chi connectivity index (χ0) is 11.4. The van der Waals surface area contributed by atoms with Crippen molar-refractivity contribution in [1.29, 1.82) is 0 Å². The van der Waals surface area contributed by atoms with Gasteiger partial charge in [-0.05, 0) is 29.7 Å². The molecule has 0 aliphatic rings. The number of rotatable bonds is 3. The molecule has 0 atom stereocenters. The van der Waals surface area contributed by atoms with Gasteiger partial charge in [-0.3, -0.25) is 9.97 Å². The first-order valence-electron chi connectivity index (χ1n) is 5.41. The standard InChI is InChI=1S/C13H15N3/c1-2-10-3-4-12(16-8-10)7-11-5-6-15-9-13(11)14/h3-6,8-9H,2,7,14H2,1H3. The van der Waals surface area contributed by atoms with Gasteiger partial charge in [-0.1, -0.05) is 13.0 Å². The zero-order valence-electron chi connectivity index (χ0n) is 9.35. The van der Waals surface area contributed by atoms with Gasteiger partial charge in [0, 0.05) is 24.5 Å². The van der Waals surface area contributed by atoms with E-state index in [1.165, 1.54) is 5.56 Å². The highest BCUT2D eigenvalue weighted by Gasteiger charge is 2.01. The molecule has 0 aliphatic carbocycles. The maximum Gasteiger partial charge on any atom is 0.0537 e. The minimum atomic E-state index is 0.726. The average Bonchev–Trinajstić information content (AvgIpc) is 2.33. The Labute approximate surface area is 95.4 Å². The summed E-state index contributed by atoms with van der Waals surface area (Å²) in [5.41, 5.74) is 9.93. The topological polar surface area (TPSA) is 51.8 Å². The molecule has 0 aliphatic heterocycles. The molecule has 2 rings (SSSR count). The second kappa shape index (κ2) is 4.75. The van der Waals surface area contributed by atoms with Crippen molar-refractivity contribution in [3.8, 4) is 0 Å². The molecule has 2 N–H and O–H groups in total. The van der Waals surface area contributed by atoms with Gasteiger partial charge in [0.1, 0.15) is 0 Å². The summed E-state index contributed by atoms with van der Waals surface area (Å²) < 4.78 is 0. The van der Waals surface area contributed by atoms with Gasteiger partial charge < -0.3 is 5.73 Å². The lowest BCUT2D eigenvalue weighted by molar-refractivity contribution is 1.03. The van der Waals surface area contributed by atoms with Crippen molar-refractivity contribution in [2.24, 2.45) is 0 Å². The van der Waals surface area contributed by atoms with Crippen molar-refractivity contribution in [3.05, 3.63) is 53.6 Å². The van der Waals surface area contributed by atoms with E-state index in [1.54, 1.807) is 12.4 Å². The smallest absolute Gasteiger partial charge is 0.0537 e. The van der Waals surface area contributed by atoms with E-state index in [1.807, 2.05) is 12.3 Å². The van der Waals surface area contributed by atoms with Gasteiger partial charge in [-0.2, -0.15) is 0 Å². The molecule has 0 fully saturated rings. The van der Waals surface area contributed by atoms with Gasteiger partial charge in [0.2, 0.25) is 0 Å². The fraction of sp³-hybridized carbons (Fsp3) is 0.231. The van der Waals surface area contributed by atoms with Crippen molar-refractivity contribution in [3.63, 3.8) is 0 Å². The van der Waals surface area contributed by atoms with E-state index < -0.39 is 0 Å². The molecule has 0 radical (unpaired) electrons. The van der Waals surface area contributed by atoms with Crippen LogP contribution < -0.4 is 5.73 Å². The van der Waals surface area contributed by atoms with Crippen LogP contribution in [0.1, 0.15) is 23.7 Å². The molecular weight excluding hydrogens is 198 g/mol. The zero-order valence-corrected chi connectivity index (χ0v) is 9.35. The van der Waals surface area contributed by atoms with Crippen LogP contribution in [0.4, 0.5) is 5.69 Å². The van der Waals surface area contributed by atoms with Crippen LogP contribution >= 0.6 is 0 Å². The minimum absolute atomic E-state index is 0.726. The van der Waals surface area contributed by atoms with E-state index in [0.29, 0.717) is 0 Å². The lowest BCUT2D eigenvalue weighted by atomic mass is 10.1. The Morgan fingerprint density at radius 2 is 2.06 bits per heavy atom. The fourth-order valence-electron chi connectivity index (χ4n) is 1.56. The van der Waals surface area contributed by atoms with Gasteiger partial charge >= 0.3 is 0 Å². The molecule has 0 saturated carbocycles. The largest absolute Gasteiger partial charge is 0.397 e. The molecule has 3 nitrogen and oxygen atoms in total. The highest BCUT2D eigenvalue weighted by Crippen LogP contribution is 2.13. The Kier molecular flexibility index (Phi) is 3.15. The van der Waals surface area contributed by atoms with E-state index in [-0.39, 0.29) is 0 Å². The van der Waals surface area contributed by atoms with Gasteiger partial charge in [0.15, 0.2) is 0 Å². The Balaban J connectivity index is 2.18. The molecular formula is C13H15N3. The first kappa shape index (κ1) is 10.6. The molecule has 0 amide bonds. The van der Waals surface area contributed by atoms with Gasteiger partial charge in [-0.15, -0.1) is 0 Å². The highest BCUT2D eigenvalue weighted by atomic mass is 14.7. The summed E-state index contributed by atoms with van der Waals surface area (Å²) in [5.74, 6) is 0. The molecule has 0 spiro atoms. The normalized spacial score (nSPS) is 10.3. The molecule has 0 bridgehead atoms. The quantitative estimate of drug-likeness (QED) is 0.850. The minimum Gasteiger partial charge on any atom is -0.397 e. The summed E-state index contributed by atoms with van der Waals surface area (Å²) in [6, 6.07) is 6.10. The highest BCUT2D eigenvalue weighted by molar-refractivity contribution is 5.45. The van der Waals surface area contributed by atoms with Crippen LogP contribution in [0.2, 0.25) is 0 Å². The lowest BCUT2D eigenvalue weighted by Gasteiger charge is -2.04. The first-order valence-corrected chi connectivity index (χ1v) is 5.41. The van der Waals surface area contributed by atoms with Crippen LogP contribution in [0.3, 0.4) is 0 Å². The Bertz CT molecular complexity index is 463. The number of nitrogen functional groups attached to an aromatic ring is 1. The summed E-state index contributed by atoms with van der Waals surface area (Å²) in [6.07, 6.45) is 7.14. The molecule has 0 unspecified atom stereocenters. The second-order valence-corrected chi connectivity index (χ2v) is 3.76. The molecule has 0 aromatic carbocycles. The number of anilines is 1. The third-order valence-electron chi connectivity index (χ3n) is 2.61. The number of hydrogen-bond acceptors (Lipinski definition) is 3. The van der Waals surface area contributed by atoms with Crippen LogP contribution in [-0.4, -0.2) is 9.97 Å². The van der Waals surface area contributed by atoms with Gasteiger partial charge in [-0.25, -0.2) is 0 Å². The molecule has 2 aromatic rings.